The summed E-state index contributed by atoms with van der Waals surface area (Å²) in [6.45, 7) is 0. The molecule has 0 bridgehead atoms. The van der Waals surface area contributed by atoms with Gasteiger partial charge in [0.15, 0.2) is 0 Å². The Kier molecular flexibility index (Phi) is 6.31. The topological polar surface area (TPSA) is 0 Å². The first-order valence-corrected chi connectivity index (χ1v) is 5.40. The number of rotatable bonds is 3. The molecule has 82 valence electrons. The Labute approximate surface area is 118 Å². The Balaban J connectivity index is 0.00000144. The number of allylic oxidation sites excluding steroid dienone is 2. The smallest absolute Gasteiger partial charge is 0 e. The van der Waals surface area contributed by atoms with Crippen molar-refractivity contribution >= 4 is 12.2 Å². The van der Waals surface area contributed by atoms with Crippen molar-refractivity contribution in [2.45, 2.75) is 0 Å². The number of benzene rings is 2. The van der Waals surface area contributed by atoms with Gasteiger partial charge in [0.2, 0.25) is 0 Å². The van der Waals surface area contributed by atoms with Crippen LogP contribution in [0.15, 0.2) is 72.8 Å². The molecule has 17 heavy (non-hydrogen) atoms. The molecule has 1 heteroatoms. The summed E-state index contributed by atoms with van der Waals surface area (Å²) in [5.74, 6) is 0. The van der Waals surface area contributed by atoms with Crippen molar-refractivity contribution < 1.29 is 21.7 Å². The number of hydrogen-bond donors (Lipinski definition) is 0. The van der Waals surface area contributed by atoms with Crippen LogP contribution in [0.1, 0.15) is 11.1 Å². The Morgan fingerprint density at radius 1 is 0.529 bits per heavy atom. The van der Waals surface area contributed by atoms with Gasteiger partial charge in [-0.2, -0.15) is 0 Å². The molecule has 0 atom stereocenters. The summed E-state index contributed by atoms with van der Waals surface area (Å²) >= 11 is 0. The van der Waals surface area contributed by atoms with Crippen LogP contribution in [-0.2, 0) is 21.7 Å². The predicted molar refractivity (Wildman–Crippen MR) is 71.0 cm³/mol. The van der Waals surface area contributed by atoms with E-state index < -0.39 is 0 Å². The molecule has 2 rings (SSSR count). The molecule has 0 aromatic heterocycles. The zero-order valence-electron chi connectivity index (χ0n) is 9.58. The molecule has 0 aliphatic heterocycles. The largest absolute Gasteiger partial charge is 0.0622 e. The van der Waals surface area contributed by atoms with Crippen LogP contribution in [0.25, 0.3) is 12.2 Å². The van der Waals surface area contributed by atoms with E-state index in [2.05, 4.69) is 48.6 Å². The molecule has 0 aliphatic rings. The Bertz CT molecular complexity index is 422. The van der Waals surface area contributed by atoms with Crippen molar-refractivity contribution in [2.75, 3.05) is 0 Å². The van der Waals surface area contributed by atoms with Crippen LogP contribution in [0.4, 0.5) is 0 Å². The SMILES string of the molecule is C(/C=C/c1ccccc1)=C\c1ccccc1.[Ti]. The first kappa shape index (κ1) is 13.7. The third-order valence-electron chi connectivity index (χ3n) is 2.29. The van der Waals surface area contributed by atoms with Gasteiger partial charge in [-0.25, -0.2) is 0 Å². The zero-order chi connectivity index (χ0) is 11.1. The van der Waals surface area contributed by atoms with Gasteiger partial charge >= 0.3 is 0 Å². The molecule has 0 heterocycles. The third-order valence-corrected chi connectivity index (χ3v) is 2.29. The van der Waals surface area contributed by atoms with E-state index in [9.17, 15) is 0 Å². The van der Waals surface area contributed by atoms with Crippen molar-refractivity contribution in [2.24, 2.45) is 0 Å². The fourth-order valence-corrected chi connectivity index (χ4v) is 1.46. The van der Waals surface area contributed by atoms with Gasteiger partial charge in [-0.05, 0) is 11.1 Å². The van der Waals surface area contributed by atoms with Crippen LogP contribution < -0.4 is 0 Å². The van der Waals surface area contributed by atoms with Crippen molar-refractivity contribution in [3.05, 3.63) is 83.9 Å². The number of hydrogen-bond acceptors (Lipinski definition) is 0. The fraction of sp³-hybridized carbons (Fsp3) is 0. The molecule has 0 saturated heterocycles. The summed E-state index contributed by atoms with van der Waals surface area (Å²) in [7, 11) is 0. The first-order chi connectivity index (χ1) is 7.95. The minimum Gasteiger partial charge on any atom is -0.0622 e. The van der Waals surface area contributed by atoms with Gasteiger partial charge in [-0.15, -0.1) is 0 Å². The van der Waals surface area contributed by atoms with Gasteiger partial charge in [0.25, 0.3) is 0 Å². The summed E-state index contributed by atoms with van der Waals surface area (Å²) in [6.07, 6.45) is 8.31. The van der Waals surface area contributed by atoms with Gasteiger partial charge in [-0.1, -0.05) is 85.0 Å². The van der Waals surface area contributed by atoms with Crippen LogP contribution in [0.5, 0.6) is 0 Å². The average molecular weight is 254 g/mol. The maximum Gasteiger partial charge on any atom is 0 e. The van der Waals surface area contributed by atoms with E-state index in [4.69, 9.17) is 0 Å². The molecule has 0 radical (unpaired) electrons. The first-order valence-electron chi connectivity index (χ1n) is 5.40. The second-order valence-corrected chi connectivity index (χ2v) is 3.54. The van der Waals surface area contributed by atoms with Crippen LogP contribution in [0.3, 0.4) is 0 Å². The van der Waals surface area contributed by atoms with E-state index in [0.29, 0.717) is 0 Å². The van der Waals surface area contributed by atoms with Gasteiger partial charge < -0.3 is 0 Å². The Morgan fingerprint density at radius 2 is 0.882 bits per heavy atom. The summed E-state index contributed by atoms with van der Waals surface area (Å²) in [4.78, 5) is 0. The molecular formula is C16H14Ti. The van der Waals surface area contributed by atoms with E-state index in [-0.39, 0.29) is 21.7 Å². The van der Waals surface area contributed by atoms with Gasteiger partial charge in [0.05, 0.1) is 0 Å². The quantitative estimate of drug-likeness (QED) is 0.562. The minimum atomic E-state index is 0. The summed E-state index contributed by atoms with van der Waals surface area (Å²) < 4.78 is 0. The maximum atomic E-state index is 2.10. The van der Waals surface area contributed by atoms with E-state index in [1.165, 1.54) is 11.1 Å². The van der Waals surface area contributed by atoms with Gasteiger partial charge in [0, 0.05) is 21.7 Å². The molecular weight excluding hydrogens is 240 g/mol. The van der Waals surface area contributed by atoms with Gasteiger partial charge in [-0.3, -0.25) is 0 Å². The normalized spacial score (nSPS) is 10.6. The Morgan fingerprint density at radius 3 is 1.24 bits per heavy atom. The zero-order valence-corrected chi connectivity index (χ0v) is 11.1. The maximum absolute atomic E-state index is 2.10. The molecule has 2 aromatic rings. The monoisotopic (exact) mass is 254 g/mol. The summed E-state index contributed by atoms with van der Waals surface area (Å²) in [6, 6.07) is 20.6. The van der Waals surface area contributed by atoms with Crippen molar-refractivity contribution in [1.82, 2.24) is 0 Å². The third kappa shape index (κ3) is 4.99. The molecule has 0 aliphatic carbocycles. The second kappa shape index (κ2) is 7.83. The van der Waals surface area contributed by atoms with Crippen molar-refractivity contribution in [1.29, 1.82) is 0 Å². The molecule has 0 N–H and O–H groups in total. The fourth-order valence-electron chi connectivity index (χ4n) is 1.46. The Hall–Kier alpha value is -1.37. The molecule has 0 fully saturated rings. The molecule has 0 spiro atoms. The molecule has 0 unspecified atom stereocenters. The summed E-state index contributed by atoms with van der Waals surface area (Å²) in [5.41, 5.74) is 2.44. The van der Waals surface area contributed by atoms with Gasteiger partial charge in [0.1, 0.15) is 0 Å². The van der Waals surface area contributed by atoms with Crippen molar-refractivity contribution in [3.63, 3.8) is 0 Å². The predicted octanol–water partition coefficient (Wildman–Crippen LogP) is 4.41. The van der Waals surface area contributed by atoms with E-state index in [1.807, 2.05) is 36.4 Å². The van der Waals surface area contributed by atoms with Crippen LogP contribution in [-0.4, -0.2) is 0 Å². The summed E-state index contributed by atoms with van der Waals surface area (Å²) in [5, 5.41) is 0. The molecule has 0 amide bonds. The van der Waals surface area contributed by atoms with Crippen LogP contribution in [0, 0.1) is 0 Å². The van der Waals surface area contributed by atoms with Crippen LogP contribution >= 0.6 is 0 Å². The second-order valence-electron chi connectivity index (χ2n) is 3.54. The van der Waals surface area contributed by atoms with E-state index in [1.54, 1.807) is 0 Å². The van der Waals surface area contributed by atoms with Crippen molar-refractivity contribution in [3.8, 4) is 0 Å². The van der Waals surface area contributed by atoms with Crippen LogP contribution in [0.2, 0.25) is 0 Å². The molecule has 0 saturated carbocycles. The minimum absolute atomic E-state index is 0. The molecule has 2 aromatic carbocycles. The molecule has 0 nitrogen and oxygen atoms in total. The average Bonchev–Trinajstić information content (AvgIpc) is 2.37. The van der Waals surface area contributed by atoms with E-state index in [0.717, 1.165) is 0 Å². The van der Waals surface area contributed by atoms with E-state index >= 15 is 0 Å². The standard InChI is InChI=1S/C16H14.Ti/c1-3-9-15(10-4-1)13-7-8-14-16-11-5-2-6-12-16;/h1-14H;/b13-7+,14-8+;.